The van der Waals surface area contributed by atoms with E-state index in [0.29, 0.717) is 17.9 Å². The van der Waals surface area contributed by atoms with Crippen LogP contribution in [0.25, 0.3) is 0 Å². The Morgan fingerprint density at radius 2 is 2.00 bits per heavy atom. The number of hydrogen-bond acceptors (Lipinski definition) is 3. The smallest absolute Gasteiger partial charge is 0.227 e. The van der Waals surface area contributed by atoms with Gasteiger partial charge in [-0.05, 0) is 37.5 Å². The van der Waals surface area contributed by atoms with Crippen molar-refractivity contribution in [3.63, 3.8) is 0 Å². The summed E-state index contributed by atoms with van der Waals surface area (Å²) in [4.78, 5) is 23.2. The number of aryl methyl sites for hydroxylation is 1. The van der Waals surface area contributed by atoms with Crippen molar-refractivity contribution < 1.29 is 9.59 Å². The molecule has 0 aliphatic heterocycles. The number of carbonyl (C=O) groups is 2. The van der Waals surface area contributed by atoms with Gasteiger partial charge in [0.1, 0.15) is 0 Å². The van der Waals surface area contributed by atoms with E-state index in [1.54, 1.807) is 6.07 Å². The van der Waals surface area contributed by atoms with E-state index < -0.39 is 0 Å². The average Bonchev–Trinajstić information content (AvgIpc) is 3.17. The molecule has 1 aromatic rings. The van der Waals surface area contributed by atoms with Crippen LogP contribution in [-0.4, -0.2) is 18.4 Å². The summed E-state index contributed by atoms with van der Waals surface area (Å²) in [6.45, 7) is 2.23. The Bertz CT molecular complexity index is 501. The molecule has 4 N–H and O–H groups in total. The second kappa shape index (κ2) is 7.26. The molecule has 1 aliphatic carbocycles. The zero-order valence-corrected chi connectivity index (χ0v) is 12.3. The van der Waals surface area contributed by atoms with E-state index in [9.17, 15) is 9.59 Å². The molecule has 2 rings (SSSR count). The normalized spacial score (nSPS) is 13.3. The van der Waals surface area contributed by atoms with Crippen LogP contribution in [0.1, 0.15) is 24.8 Å². The standard InChI is InChI=1S/C14H19N3O2.ClH/c1-9-2-5-11(16-14(19)10-3-4-10)8-12(9)17-13(18)6-7-15;/h2,5,8,10H,3-4,6-7,15H2,1H3,(H,16,19)(H,17,18);1H. The van der Waals surface area contributed by atoms with Gasteiger partial charge in [0.15, 0.2) is 0 Å². The summed E-state index contributed by atoms with van der Waals surface area (Å²) in [6.07, 6.45) is 2.23. The predicted molar refractivity (Wildman–Crippen MR) is 82.1 cm³/mol. The molecule has 0 atom stereocenters. The van der Waals surface area contributed by atoms with Crippen molar-refractivity contribution in [3.8, 4) is 0 Å². The van der Waals surface area contributed by atoms with E-state index in [1.165, 1.54) is 0 Å². The van der Waals surface area contributed by atoms with Crippen molar-refractivity contribution in [1.82, 2.24) is 0 Å². The Balaban J connectivity index is 0.00000200. The van der Waals surface area contributed by atoms with Crippen LogP contribution in [0.5, 0.6) is 0 Å². The SMILES string of the molecule is Cc1ccc(NC(=O)C2CC2)cc1NC(=O)CCN.Cl. The third kappa shape index (κ3) is 4.51. The molecule has 110 valence electrons. The molecule has 6 heteroatoms. The number of carbonyl (C=O) groups excluding carboxylic acids is 2. The molecule has 1 saturated carbocycles. The highest BCUT2D eigenvalue weighted by Gasteiger charge is 2.29. The van der Waals surface area contributed by atoms with Crippen LogP contribution < -0.4 is 16.4 Å². The van der Waals surface area contributed by atoms with Gasteiger partial charge >= 0.3 is 0 Å². The van der Waals surface area contributed by atoms with Crippen LogP contribution in [-0.2, 0) is 9.59 Å². The Morgan fingerprint density at radius 3 is 2.60 bits per heavy atom. The molecule has 1 fully saturated rings. The Morgan fingerprint density at radius 1 is 1.30 bits per heavy atom. The molecule has 1 aromatic carbocycles. The summed E-state index contributed by atoms with van der Waals surface area (Å²) in [7, 11) is 0. The summed E-state index contributed by atoms with van der Waals surface area (Å²) in [6, 6.07) is 5.50. The monoisotopic (exact) mass is 297 g/mol. The minimum absolute atomic E-state index is 0. The van der Waals surface area contributed by atoms with E-state index in [-0.39, 0.29) is 36.6 Å². The number of anilines is 2. The van der Waals surface area contributed by atoms with Crippen LogP contribution in [0.3, 0.4) is 0 Å². The van der Waals surface area contributed by atoms with Gasteiger partial charge < -0.3 is 16.4 Å². The maximum atomic E-state index is 11.7. The summed E-state index contributed by atoms with van der Waals surface area (Å²) in [5, 5.41) is 5.66. The van der Waals surface area contributed by atoms with Gasteiger partial charge in [0, 0.05) is 30.3 Å². The lowest BCUT2D eigenvalue weighted by Gasteiger charge is -2.11. The van der Waals surface area contributed by atoms with Gasteiger partial charge in [-0.1, -0.05) is 6.07 Å². The van der Waals surface area contributed by atoms with E-state index in [1.807, 2.05) is 19.1 Å². The molecule has 0 heterocycles. The number of benzene rings is 1. The van der Waals surface area contributed by atoms with E-state index >= 15 is 0 Å². The lowest BCUT2D eigenvalue weighted by Crippen LogP contribution is -2.17. The lowest BCUT2D eigenvalue weighted by molar-refractivity contribution is -0.117. The lowest BCUT2D eigenvalue weighted by atomic mass is 10.1. The van der Waals surface area contributed by atoms with Gasteiger partial charge in [-0.15, -0.1) is 12.4 Å². The largest absolute Gasteiger partial charge is 0.330 e. The summed E-state index contributed by atoms with van der Waals surface area (Å²) >= 11 is 0. The van der Waals surface area contributed by atoms with Gasteiger partial charge in [0.2, 0.25) is 11.8 Å². The van der Waals surface area contributed by atoms with Crippen molar-refractivity contribution in [2.75, 3.05) is 17.2 Å². The summed E-state index contributed by atoms with van der Waals surface area (Å²) in [5.41, 5.74) is 7.72. The number of hydrogen-bond donors (Lipinski definition) is 3. The summed E-state index contributed by atoms with van der Waals surface area (Å²) in [5.74, 6) is 0.107. The van der Waals surface area contributed by atoms with Crippen LogP contribution in [0.2, 0.25) is 0 Å². The molecule has 0 radical (unpaired) electrons. The Hall–Kier alpha value is -1.59. The highest BCUT2D eigenvalue weighted by Crippen LogP contribution is 2.30. The van der Waals surface area contributed by atoms with Crippen molar-refractivity contribution in [1.29, 1.82) is 0 Å². The first-order valence-electron chi connectivity index (χ1n) is 6.51. The maximum Gasteiger partial charge on any atom is 0.227 e. The fourth-order valence-corrected chi connectivity index (χ4v) is 1.77. The number of halogens is 1. The second-order valence-electron chi connectivity index (χ2n) is 4.88. The van der Waals surface area contributed by atoms with E-state index in [4.69, 9.17) is 5.73 Å². The van der Waals surface area contributed by atoms with E-state index in [0.717, 1.165) is 18.4 Å². The molecule has 20 heavy (non-hydrogen) atoms. The van der Waals surface area contributed by atoms with Gasteiger partial charge in [-0.3, -0.25) is 9.59 Å². The molecular formula is C14H20ClN3O2. The molecule has 0 bridgehead atoms. The zero-order chi connectivity index (χ0) is 13.8. The molecule has 0 aromatic heterocycles. The van der Waals surface area contributed by atoms with Crippen molar-refractivity contribution in [3.05, 3.63) is 23.8 Å². The number of nitrogens with two attached hydrogens (primary N) is 1. The first-order valence-corrected chi connectivity index (χ1v) is 6.51. The fraction of sp³-hybridized carbons (Fsp3) is 0.429. The highest BCUT2D eigenvalue weighted by atomic mass is 35.5. The quantitative estimate of drug-likeness (QED) is 0.777. The molecule has 0 saturated heterocycles. The van der Waals surface area contributed by atoms with Crippen LogP contribution in [0, 0.1) is 12.8 Å². The molecular weight excluding hydrogens is 278 g/mol. The van der Waals surface area contributed by atoms with Crippen molar-refractivity contribution in [2.45, 2.75) is 26.2 Å². The molecule has 0 spiro atoms. The second-order valence-corrected chi connectivity index (χ2v) is 4.88. The molecule has 2 amide bonds. The first-order chi connectivity index (χ1) is 9.10. The fourth-order valence-electron chi connectivity index (χ4n) is 1.77. The Labute approximate surface area is 124 Å². The minimum Gasteiger partial charge on any atom is -0.330 e. The van der Waals surface area contributed by atoms with Gasteiger partial charge in [0.05, 0.1) is 0 Å². The van der Waals surface area contributed by atoms with Gasteiger partial charge in [-0.2, -0.15) is 0 Å². The topological polar surface area (TPSA) is 84.2 Å². The van der Waals surface area contributed by atoms with Crippen molar-refractivity contribution >= 4 is 35.6 Å². The third-order valence-electron chi connectivity index (χ3n) is 3.10. The predicted octanol–water partition coefficient (Wildman–Crippen LogP) is 2.05. The summed E-state index contributed by atoms with van der Waals surface area (Å²) < 4.78 is 0. The van der Waals surface area contributed by atoms with Crippen LogP contribution in [0.15, 0.2) is 18.2 Å². The van der Waals surface area contributed by atoms with Crippen LogP contribution in [0.4, 0.5) is 11.4 Å². The van der Waals surface area contributed by atoms with Gasteiger partial charge in [0.25, 0.3) is 0 Å². The number of rotatable bonds is 5. The Kier molecular flexibility index (Phi) is 5.98. The molecule has 5 nitrogen and oxygen atoms in total. The zero-order valence-electron chi connectivity index (χ0n) is 11.4. The van der Waals surface area contributed by atoms with Gasteiger partial charge in [-0.25, -0.2) is 0 Å². The highest BCUT2D eigenvalue weighted by molar-refractivity contribution is 5.96. The van der Waals surface area contributed by atoms with E-state index in [2.05, 4.69) is 10.6 Å². The first kappa shape index (κ1) is 16.5. The number of nitrogens with one attached hydrogen (secondary N) is 2. The van der Waals surface area contributed by atoms with Crippen LogP contribution >= 0.6 is 12.4 Å². The molecule has 0 unspecified atom stereocenters. The van der Waals surface area contributed by atoms with Crippen molar-refractivity contribution in [2.24, 2.45) is 11.7 Å². The average molecular weight is 298 g/mol. The number of amides is 2. The maximum absolute atomic E-state index is 11.7. The minimum atomic E-state index is -0.115. The molecule has 1 aliphatic rings. The third-order valence-corrected chi connectivity index (χ3v) is 3.10.